The van der Waals surface area contributed by atoms with E-state index >= 15 is 0 Å². The molecule has 4 nitrogen and oxygen atoms in total. The summed E-state index contributed by atoms with van der Waals surface area (Å²) in [6, 6.07) is 14.5. The van der Waals surface area contributed by atoms with Crippen LogP contribution < -0.4 is 16.0 Å². The number of halogens is 5. The number of carbonyl (C=O) groups excluding carboxylic acids is 1. The molecule has 3 N–H and O–H groups in total. The molecule has 10 heteroatoms. The average Bonchev–Trinajstić information content (AvgIpc) is 2.56. The van der Waals surface area contributed by atoms with Gasteiger partial charge < -0.3 is 16.0 Å². The maximum atomic E-state index is 12.5. The fourth-order valence-corrected chi connectivity index (χ4v) is 3.27. The molecule has 0 aliphatic rings. The van der Waals surface area contributed by atoms with Gasteiger partial charge in [-0.05, 0) is 87.1 Å². The summed E-state index contributed by atoms with van der Waals surface area (Å²) < 4.78 is -0.110. The Morgan fingerprint density at radius 1 is 1.08 bits per heavy atom. The molecule has 2 rings (SSSR count). The number of amides is 1. The highest BCUT2D eigenvalue weighted by atomic mass is 127. The Morgan fingerprint density at radius 2 is 1.69 bits per heavy atom. The summed E-state index contributed by atoms with van der Waals surface area (Å²) in [5, 5.41) is 8.63. The van der Waals surface area contributed by atoms with Crippen LogP contribution >= 0.6 is 85.5 Å². The zero-order chi connectivity index (χ0) is 19.3. The molecule has 0 aliphatic carbocycles. The molecular weight excluding hydrogens is 595 g/mol. The van der Waals surface area contributed by atoms with Gasteiger partial charge in [-0.3, -0.25) is 4.79 Å². The maximum Gasteiger partial charge on any atom is 0.254 e. The van der Waals surface area contributed by atoms with Gasteiger partial charge in [0.15, 0.2) is 5.11 Å². The van der Waals surface area contributed by atoms with Gasteiger partial charge in [0.2, 0.25) is 3.79 Å². The minimum Gasteiger partial charge on any atom is -0.339 e. The minimum absolute atomic E-state index is 0.204. The fourth-order valence-electron chi connectivity index (χ4n) is 1.89. The Bertz CT molecular complexity index is 802. The van der Waals surface area contributed by atoms with Gasteiger partial charge in [0.05, 0.1) is 5.56 Å². The SMILES string of the molecule is O=C(NC(NC(=S)Nc1ccc(I)cc1)C(Cl)(Cl)Cl)c1ccccc1Br. The molecule has 0 saturated heterocycles. The predicted molar refractivity (Wildman–Crippen MR) is 124 cm³/mol. The van der Waals surface area contributed by atoms with Crippen molar-refractivity contribution in [1.29, 1.82) is 0 Å². The molecule has 0 bridgehead atoms. The third-order valence-electron chi connectivity index (χ3n) is 3.10. The molecule has 138 valence electrons. The molecule has 1 amide bonds. The van der Waals surface area contributed by atoms with Crippen LogP contribution in [0.2, 0.25) is 0 Å². The number of benzene rings is 2. The third kappa shape index (κ3) is 6.69. The smallest absolute Gasteiger partial charge is 0.254 e. The van der Waals surface area contributed by atoms with E-state index in [0.717, 1.165) is 9.26 Å². The van der Waals surface area contributed by atoms with E-state index in [1.54, 1.807) is 24.3 Å². The van der Waals surface area contributed by atoms with E-state index in [4.69, 9.17) is 47.0 Å². The minimum atomic E-state index is -1.82. The van der Waals surface area contributed by atoms with Crippen LogP contribution in [0.25, 0.3) is 0 Å². The van der Waals surface area contributed by atoms with Gasteiger partial charge in [-0.1, -0.05) is 46.9 Å². The van der Waals surface area contributed by atoms with Crippen LogP contribution in [0.1, 0.15) is 10.4 Å². The summed E-state index contributed by atoms with van der Waals surface area (Å²) in [5.41, 5.74) is 1.17. The first-order valence-corrected chi connectivity index (χ1v) is 10.5. The molecule has 1 unspecified atom stereocenters. The summed E-state index contributed by atoms with van der Waals surface area (Å²) in [4.78, 5) is 12.5. The zero-order valence-corrected chi connectivity index (χ0v) is 19.7. The monoisotopic (exact) mass is 605 g/mol. The zero-order valence-electron chi connectivity index (χ0n) is 12.9. The topological polar surface area (TPSA) is 53.2 Å². The average molecular weight is 608 g/mol. The molecule has 0 radical (unpaired) electrons. The Labute approximate surface area is 193 Å². The second-order valence-electron chi connectivity index (χ2n) is 5.03. The number of carbonyl (C=O) groups is 1. The van der Waals surface area contributed by atoms with Crippen molar-refractivity contribution in [2.24, 2.45) is 0 Å². The number of hydrogen-bond donors (Lipinski definition) is 3. The molecule has 0 heterocycles. The van der Waals surface area contributed by atoms with Crippen LogP contribution in [0, 0.1) is 3.57 Å². The van der Waals surface area contributed by atoms with Gasteiger partial charge in [-0.15, -0.1) is 0 Å². The number of nitrogens with one attached hydrogen (secondary N) is 3. The lowest BCUT2D eigenvalue weighted by molar-refractivity contribution is 0.0934. The number of thiocarbonyl (C=S) groups is 1. The van der Waals surface area contributed by atoms with E-state index in [-0.39, 0.29) is 5.11 Å². The number of rotatable bonds is 4. The van der Waals surface area contributed by atoms with Crippen LogP contribution in [0.5, 0.6) is 0 Å². The van der Waals surface area contributed by atoms with Crippen molar-refractivity contribution in [1.82, 2.24) is 10.6 Å². The molecule has 26 heavy (non-hydrogen) atoms. The largest absolute Gasteiger partial charge is 0.339 e. The molecule has 0 aromatic heterocycles. The molecule has 0 fully saturated rings. The Balaban J connectivity index is 2.07. The van der Waals surface area contributed by atoms with E-state index < -0.39 is 15.9 Å². The standard InChI is InChI=1S/C16H12BrCl3IN3OS/c17-12-4-2-1-3-11(12)13(25)23-14(16(18,19)20)24-15(26)22-10-7-5-9(21)6-8-10/h1-8,14H,(H,23,25)(H2,22,24,26). The molecule has 2 aromatic carbocycles. The maximum absolute atomic E-state index is 12.5. The van der Waals surface area contributed by atoms with Gasteiger partial charge in [-0.2, -0.15) is 0 Å². The number of hydrogen-bond acceptors (Lipinski definition) is 2. The Kier molecular flexibility index (Phi) is 8.24. The van der Waals surface area contributed by atoms with Crippen molar-refractivity contribution in [2.75, 3.05) is 5.32 Å². The second-order valence-corrected chi connectivity index (χ2v) is 9.91. The lowest BCUT2D eigenvalue weighted by atomic mass is 10.2. The molecular formula is C16H12BrCl3IN3OS. The summed E-state index contributed by atoms with van der Waals surface area (Å²) in [6.07, 6.45) is -1.05. The van der Waals surface area contributed by atoms with Crippen molar-refractivity contribution >= 4 is 102 Å². The summed E-state index contributed by atoms with van der Waals surface area (Å²) in [6.45, 7) is 0. The van der Waals surface area contributed by atoms with E-state index in [9.17, 15) is 4.79 Å². The first-order chi connectivity index (χ1) is 12.2. The predicted octanol–water partition coefficient (Wildman–Crippen LogP) is 5.47. The molecule has 0 spiro atoms. The number of anilines is 1. The second kappa shape index (κ2) is 9.75. The quantitative estimate of drug-likeness (QED) is 0.187. The molecule has 0 aliphatic heterocycles. The third-order valence-corrected chi connectivity index (χ3v) is 5.38. The fraction of sp³-hybridized carbons (Fsp3) is 0.125. The van der Waals surface area contributed by atoms with Gasteiger partial charge in [0, 0.05) is 13.7 Å². The normalized spacial score (nSPS) is 12.2. The van der Waals surface area contributed by atoms with Crippen LogP contribution in [0.3, 0.4) is 0 Å². The van der Waals surface area contributed by atoms with Crippen molar-refractivity contribution in [2.45, 2.75) is 9.96 Å². The first kappa shape index (κ1) is 22.0. The van der Waals surface area contributed by atoms with Crippen molar-refractivity contribution in [3.05, 3.63) is 62.1 Å². The van der Waals surface area contributed by atoms with Crippen molar-refractivity contribution < 1.29 is 4.79 Å². The lowest BCUT2D eigenvalue weighted by Crippen LogP contribution is -2.56. The summed E-state index contributed by atoms with van der Waals surface area (Å²) in [5.74, 6) is -0.418. The van der Waals surface area contributed by atoms with Gasteiger partial charge in [-0.25, -0.2) is 0 Å². The van der Waals surface area contributed by atoms with Gasteiger partial charge >= 0.3 is 0 Å². The highest BCUT2D eigenvalue weighted by Gasteiger charge is 2.35. The summed E-state index contributed by atoms with van der Waals surface area (Å²) >= 11 is 28.7. The van der Waals surface area contributed by atoms with Crippen LogP contribution in [-0.2, 0) is 0 Å². The van der Waals surface area contributed by atoms with E-state index in [1.165, 1.54) is 0 Å². The highest BCUT2D eigenvalue weighted by Crippen LogP contribution is 2.29. The van der Waals surface area contributed by atoms with Crippen molar-refractivity contribution in [3.8, 4) is 0 Å². The summed E-state index contributed by atoms with van der Waals surface area (Å²) in [7, 11) is 0. The van der Waals surface area contributed by atoms with E-state index in [1.807, 2.05) is 24.3 Å². The van der Waals surface area contributed by atoms with Crippen LogP contribution in [-0.4, -0.2) is 21.0 Å². The van der Waals surface area contributed by atoms with E-state index in [2.05, 4.69) is 54.5 Å². The number of alkyl halides is 3. The molecule has 1 atom stereocenters. The first-order valence-electron chi connectivity index (χ1n) is 7.12. The molecule has 0 saturated carbocycles. The van der Waals surface area contributed by atoms with Crippen LogP contribution in [0.4, 0.5) is 5.69 Å². The van der Waals surface area contributed by atoms with E-state index in [0.29, 0.717) is 10.0 Å². The highest BCUT2D eigenvalue weighted by molar-refractivity contribution is 14.1. The lowest BCUT2D eigenvalue weighted by Gasteiger charge is -2.28. The Morgan fingerprint density at radius 3 is 2.27 bits per heavy atom. The van der Waals surface area contributed by atoms with Gasteiger partial charge in [0.25, 0.3) is 5.91 Å². The van der Waals surface area contributed by atoms with Gasteiger partial charge in [0.1, 0.15) is 6.17 Å². The Hall–Kier alpha value is -0.320. The van der Waals surface area contributed by atoms with Crippen molar-refractivity contribution in [3.63, 3.8) is 0 Å². The van der Waals surface area contributed by atoms with Crippen LogP contribution in [0.15, 0.2) is 53.0 Å². The molecule has 2 aromatic rings.